The molecule has 0 bridgehead atoms. The van der Waals surface area contributed by atoms with Crippen molar-refractivity contribution in [2.75, 3.05) is 6.54 Å². The molecule has 19 heavy (non-hydrogen) atoms. The quantitative estimate of drug-likeness (QED) is 0.889. The molecule has 0 saturated carbocycles. The Hall–Kier alpha value is -1.61. The standard InChI is InChI=1S/C9H15NO2.C7H8/c1-3-9(2,12)10-7-5-4-6-8(10)11;1-7-5-3-2-4-6-7/h4,6,12H,3,5,7H2,1-2H3;2-6H,1H3. The van der Waals surface area contributed by atoms with Crippen LogP contribution in [0.2, 0.25) is 0 Å². The highest BCUT2D eigenvalue weighted by Gasteiger charge is 2.30. The molecule has 0 aromatic heterocycles. The van der Waals surface area contributed by atoms with Gasteiger partial charge in [-0.25, -0.2) is 0 Å². The Labute approximate surface area is 115 Å². The summed E-state index contributed by atoms with van der Waals surface area (Å²) in [7, 11) is 0. The van der Waals surface area contributed by atoms with E-state index in [1.807, 2.05) is 31.2 Å². The molecule has 2 rings (SSSR count). The van der Waals surface area contributed by atoms with Crippen LogP contribution in [-0.2, 0) is 4.79 Å². The summed E-state index contributed by atoms with van der Waals surface area (Å²) in [6, 6.07) is 10.3. The van der Waals surface area contributed by atoms with Crippen molar-refractivity contribution in [2.45, 2.75) is 39.3 Å². The number of benzene rings is 1. The predicted octanol–water partition coefficient (Wildman–Crippen LogP) is 2.89. The van der Waals surface area contributed by atoms with Crippen molar-refractivity contribution in [3.63, 3.8) is 0 Å². The Balaban J connectivity index is 0.000000218. The zero-order chi connectivity index (χ0) is 14.3. The Kier molecular flexibility index (Phi) is 5.77. The number of rotatable bonds is 2. The maximum atomic E-state index is 11.3. The molecule has 1 amide bonds. The molecular formula is C16H23NO2. The Morgan fingerprint density at radius 2 is 1.95 bits per heavy atom. The third kappa shape index (κ3) is 4.87. The smallest absolute Gasteiger partial charge is 0.248 e. The summed E-state index contributed by atoms with van der Waals surface area (Å²) < 4.78 is 0. The van der Waals surface area contributed by atoms with Gasteiger partial charge in [-0.2, -0.15) is 0 Å². The van der Waals surface area contributed by atoms with Crippen LogP contribution in [0.1, 0.15) is 32.3 Å². The third-order valence-electron chi connectivity index (χ3n) is 3.24. The van der Waals surface area contributed by atoms with E-state index < -0.39 is 5.72 Å². The summed E-state index contributed by atoms with van der Waals surface area (Å²) in [5.74, 6) is -0.0897. The summed E-state index contributed by atoms with van der Waals surface area (Å²) in [5, 5.41) is 9.79. The monoisotopic (exact) mass is 261 g/mol. The Morgan fingerprint density at radius 1 is 1.32 bits per heavy atom. The van der Waals surface area contributed by atoms with Gasteiger partial charge < -0.3 is 10.0 Å². The highest BCUT2D eigenvalue weighted by atomic mass is 16.3. The van der Waals surface area contributed by atoms with Crippen molar-refractivity contribution in [2.24, 2.45) is 0 Å². The van der Waals surface area contributed by atoms with Crippen molar-refractivity contribution in [1.82, 2.24) is 4.90 Å². The first-order chi connectivity index (χ1) is 8.97. The molecule has 0 spiro atoms. The highest BCUT2D eigenvalue weighted by molar-refractivity contribution is 5.88. The van der Waals surface area contributed by atoms with E-state index in [0.29, 0.717) is 13.0 Å². The van der Waals surface area contributed by atoms with Crippen LogP contribution in [0.5, 0.6) is 0 Å². The van der Waals surface area contributed by atoms with Crippen LogP contribution >= 0.6 is 0 Å². The van der Waals surface area contributed by atoms with Crippen LogP contribution in [-0.4, -0.2) is 28.2 Å². The molecule has 0 saturated heterocycles. The second kappa shape index (κ2) is 7.10. The van der Waals surface area contributed by atoms with E-state index >= 15 is 0 Å². The predicted molar refractivity (Wildman–Crippen MR) is 77.6 cm³/mol. The molecule has 0 aliphatic carbocycles. The van der Waals surface area contributed by atoms with E-state index in [2.05, 4.69) is 19.1 Å². The molecule has 1 atom stereocenters. The minimum absolute atomic E-state index is 0.0897. The van der Waals surface area contributed by atoms with E-state index in [4.69, 9.17) is 0 Å². The first-order valence-electron chi connectivity index (χ1n) is 6.69. The van der Waals surface area contributed by atoms with Gasteiger partial charge in [0.25, 0.3) is 0 Å². The number of carbonyl (C=O) groups excluding carboxylic acids is 1. The number of aryl methyl sites for hydroxylation is 1. The van der Waals surface area contributed by atoms with Crippen LogP contribution < -0.4 is 0 Å². The average Bonchev–Trinajstić information content (AvgIpc) is 2.40. The number of nitrogens with zero attached hydrogens (tertiary/aromatic N) is 1. The van der Waals surface area contributed by atoms with Crippen molar-refractivity contribution in [3.8, 4) is 0 Å². The number of carbonyl (C=O) groups is 1. The maximum Gasteiger partial charge on any atom is 0.248 e. The van der Waals surface area contributed by atoms with Gasteiger partial charge in [-0.1, -0.05) is 48.9 Å². The lowest BCUT2D eigenvalue weighted by Gasteiger charge is -2.37. The van der Waals surface area contributed by atoms with Crippen LogP contribution in [0.15, 0.2) is 42.5 Å². The first-order valence-corrected chi connectivity index (χ1v) is 6.69. The summed E-state index contributed by atoms with van der Waals surface area (Å²) in [6.07, 6.45) is 4.76. The Morgan fingerprint density at radius 3 is 2.37 bits per heavy atom. The second-order valence-corrected chi connectivity index (χ2v) is 4.91. The molecule has 3 nitrogen and oxygen atoms in total. The zero-order valence-electron chi connectivity index (χ0n) is 12.0. The van der Waals surface area contributed by atoms with Crippen molar-refractivity contribution >= 4 is 5.91 Å². The fourth-order valence-corrected chi connectivity index (χ4v) is 1.79. The van der Waals surface area contributed by atoms with Crippen LogP contribution in [0.4, 0.5) is 0 Å². The molecule has 104 valence electrons. The fraction of sp³-hybridized carbons (Fsp3) is 0.438. The van der Waals surface area contributed by atoms with Gasteiger partial charge in [0.05, 0.1) is 0 Å². The average molecular weight is 261 g/mol. The van der Waals surface area contributed by atoms with Crippen molar-refractivity contribution in [3.05, 3.63) is 48.0 Å². The highest BCUT2D eigenvalue weighted by Crippen LogP contribution is 2.18. The normalized spacial score (nSPS) is 17.5. The molecular weight excluding hydrogens is 238 g/mol. The lowest BCUT2D eigenvalue weighted by molar-refractivity contribution is -0.152. The Bertz CT molecular complexity index is 424. The van der Waals surface area contributed by atoms with Gasteiger partial charge >= 0.3 is 0 Å². The lowest BCUT2D eigenvalue weighted by Crippen LogP contribution is -2.50. The summed E-state index contributed by atoms with van der Waals surface area (Å²) in [4.78, 5) is 12.8. The fourth-order valence-electron chi connectivity index (χ4n) is 1.79. The van der Waals surface area contributed by atoms with Gasteiger partial charge in [0, 0.05) is 6.54 Å². The van der Waals surface area contributed by atoms with E-state index in [0.717, 1.165) is 6.42 Å². The molecule has 1 aromatic carbocycles. The second-order valence-electron chi connectivity index (χ2n) is 4.91. The van der Waals surface area contributed by atoms with Crippen LogP contribution in [0.25, 0.3) is 0 Å². The SMILES string of the molecule is CCC(C)(O)N1CCC=CC1=O.Cc1ccccc1. The molecule has 1 aliphatic heterocycles. The van der Waals surface area contributed by atoms with Crippen LogP contribution in [0, 0.1) is 6.92 Å². The minimum atomic E-state index is -0.984. The van der Waals surface area contributed by atoms with Crippen LogP contribution in [0.3, 0.4) is 0 Å². The maximum absolute atomic E-state index is 11.3. The molecule has 0 fully saturated rings. The molecule has 3 heteroatoms. The van der Waals surface area contributed by atoms with E-state index in [-0.39, 0.29) is 5.91 Å². The summed E-state index contributed by atoms with van der Waals surface area (Å²) in [6.45, 7) is 6.24. The lowest BCUT2D eigenvalue weighted by atomic mass is 10.1. The summed E-state index contributed by atoms with van der Waals surface area (Å²) in [5.41, 5.74) is 0.337. The summed E-state index contributed by atoms with van der Waals surface area (Å²) >= 11 is 0. The third-order valence-corrected chi connectivity index (χ3v) is 3.24. The van der Waals surface area contributed by atoms with Crippen molar-refractivity contribution < 1.29 is 9.90 Å². The van der Waals surface area contributed by atoms with E-state index in [1.165, 1.54) is 16.5 Å². The first kappa shape index (κ1) is 15.4. The molecule has 1 aromatic rings. The van der Waals surface area contributed by atoms with Gasteiger partial charge in [-0.15, -0.1) is 0 Å². The van der Waals surface area contributed by atoms with E-state index in [1.54, 1.807) is 6.92 Å². The molecule has 1 heterocycles. The minimum Gasteiger partial charge on any atom is -0.371 e. The molecule has 1 unspecified atom stereocenters. The number of amides is 1. The molecule has 1 aliphatic rings. The van der Waals surface area contributed by atoms with E-state index in [9.17, 15) is 9.90 Å². The zero-order valence-corrected chi connectivity index (χ0v) is 12.0. The topological polar surface area (TPSA) is 40.5 Å². The van der Waals surface area contributed by atoms with Crippen molar-refractivity contribution in [1.29, 1.82) is 0 Å². The van der Waals surface area contributed by atoms with Gasteiger partial charge in [-0.05, 0) is 32.8 Å². The van der Waals surface area contributed by atoms with Gasteiger partial charge in [0.2, 0.25) is 5.91 Å². The molecule has 0 radical (unpaired) electrons. The van der Waals surface area contributed by atoms with Gasteiger partial charge in [0.15, 0.2) is 0 Å². The molecule has 1 N–H and O–H groups in total. The van der Waals surface area contributed by atoms with Gasteiger partial charge in [0.1, 0.15) is 5.72 Å². The number of hydrogen-bond acceptors (Lipinski definition) is 2. The number of aliphatic hydroxyl groups is 1. The van der Waals surface area contributed by atoms with Gasteiger partial charge in [-0.3, -0.25) is 4.79 Å². The number of hydrogen-bond donors (Lipinski definition) is 1. The largest absolute Gasteiger partial charge is 0.371 e.